The number of thioether (sulfide) groups is 1. The number of hydrogen-bond donors (Lipinski definition) is 1. The number of rotatable bonds is 4. The van der Waals surface area contributed by atoms with E-state index in [-0.39, 0.29) is 5.91 Å². The third kappa shape index (κ3) is 3.43. The van der Waals surface area contributed by atoms with Crippen LogP contribution in [0.15, 0.2) is 17.2 Å². The minimum absolute atomic E-state index is 0.101. The molecule has 0 aliphatic carbocycles. The Kier molecular flexibility index (Phi) is 4.42. The van der Waals surface area contributed by atoms with Crippen molar-refractivity contribution in [3.05, 3.63) is 12.1 Å². The SMILES string of the molecule is CCOc1ccc(NC(C)=O)c(SC)n1. The van der Waals surface area contributed by atoms with Crippen LogP contribution in [0, 0.1) is 0 Å². The van der Waals surface area contributed by atoms with E-state index in [1.165, 1.54) is 18.7 Å². The first-order valence-electron chi connectivity index (χ1n) is 4.62. The van der Waals surface area contributed by atoms with Crippen molar-refractivity contribution in [1.29, 1.82) is 0 Å². The molecule has 1 N–H and O–H groups in total. The molecule has 1 aromatic rings. The van der Waals surface area contributed by atoms with Gasteiger partial charge < -0.3 is 10.1 Å². The van der Waals surface area contributed by atoms with E-state index in [9.17, 15) is 4.79 Å². The van der Waals surface area contributed by atoms with E-state index in [1.54, 1.807) is 12.1 Å². The second-order valence-electron chi connectivity index (χ2n) is 2.82. The average Bonchev–Trinajstić information content (AvgIpc) is 2.20. The van der Waals surface area contributed by atoms with Crippen molar-refractivity contribution in [3.8, 4) is 5.88 Å². The van der Waals surface area contributed by atoms with Gasteiger partial charge in [-0.2, -0.15) is 0 Å². The van der Waals surface area contributed by atoms with Gasteiger partial charge in [0.25, 0.3) is 0 Å². The summed E-state index contributed by atoms with van der Waals surface area (Å²) in [5, 5.41) is 3.48. The molecule has 0 unspecified atom stereocenters. The topological polar surface area (TPSA) is 51.2 Å². The van der Waals surface area contributed by atoms with Crippen molar-refractivity contribution in [2.75, 3.05) is 18.2 Å². The Balaban J connectivity index is 2.92. The number of pyridine rings is 1. The first-order valence-corrected chi connectivity index (χ1v) is 5.85. The van der Waals surface area contributed by atoms with Crippen LogP contribution in [0.2, 0.25) is 0 Å². The van der Waals surface area contributed by atoms with Gasteiger partial charge in [-0.05, 0) is 19.2 Å². The predicted octanol–water partition coefficient (Wildman–Crippen LogP) is 2.16. The summed E-state index contributed by atoms with van der Waals surface area (Å²) in [4.78, 5) is 15.2. The number of anilines is 1. The van der Waals surface area contributed by atoms with E-state index in [1.807, 2.05) is 13.2 Å². The van der Waals surface area contributed by atoms with Crippen molar-refractivity contribution >= 4 is 23.4 Å². The molecule has 1 aromatic heterocycles. The molecule has 5 heteroatoms. The molecule has 0 atom stereocenters. The van der Waals surface area contributed by atoms with Gasteiger partial charge in [0.1, 0.15) is 5.03 Å². The smallest absolute Gasteiger partial charge is 0.221 e. The summed E-state index contributed by atoms with van der Waals surface area (Å²) in [6, 6.07) is 3.54. The second-order valence-corrected chi connectivity index (χ2v) is 3.62. The van der Waals surface area contributed by atoms with Crippen LogP contribution in [0.3, 0.4) is 0 Å². The van der Waals surface area contributed by atoms with Crippen molar-refractivity contribution in [1.82, 2.24) is 4.98 Å². The van der Waals surface area contributed by atoms with Crippen molar-refractivity contribution in [2.24, 2.45) is 0 Å². The van der Waals surface area contributed by atoms with Gasteiger partial charge in [0, 0.05) is 13.0 Å². The standard InChI is InChI=1S/C10H14N2O2S/c1-4-14-9-6-5-8(11-7(2)13)10(12-9)15-3/h5-6H,4H2,1-3H3,(H,11,13). The molecule has 0 aliphatic heterocycles. The average molecular weight is 226 g/mol. The Bertz CT molecular complexity index is 355. The van der Waals surface area contributed by atoms with Gasteiger partial charge in [0.05, 0.1) is 12.3 Å². The van der Waals surface area contributed by atoms with Gasteiger partial charge in [-0.3, -0.25) is 4.79 Å². The van der Waals surface area contributed by atoms with E-state index < -0.39 is 0 Å². The number of aromatic nitrogens is 1. The van der Waals surface area contributed by atoms with Gasteiger partial charge in [-0.25, -0.2) is 4.98 Å². The Morgan fingerprint density at radius 3 is 2.87 bits per heavy atom. The fourth-order valence-electron chi connectivity index (χ4n) is 1.09. The highest BCUT2D eigenvalue weighted by molar-refractivity contribution is 7.98. The van der Waals surface area contributed by atoms with Gasteiger partial charge in [-0.1, -0.05) is 0 Å². The first kappa shape index (κ1) is 11.8. The second kappa shape index (κ2) is 5.60. The van der Waals surface area contributed by atoms with Crippen LogP contribution in [0.4, 0.5) is 5.69 Å². The van der Waals surface area contributed by atoms with E-state index in [0.29, 0.717) is 12.5 Å². The zero-order valence-electron chi connectivity index (χ0n) is 9.03. The summed E-state index contributed by atoms with van der Waals surface area (Å²) in [5.74, 6) is 0.479. The highest BCUT2D eigenvalue weighted by Crippen LogP contribution is 2.25. The molecule has 1 amide bonds. The first-order chi connectivity index (χ1) is 7.17. The van der Waals surface area contributed by atoms with E-state index in [2.05, 4.69) is 10.3 Å². The Morgan fingerprint density at radius 1 is 1.60 bits per heavy atom. The Hall–Kier alpha value is -1.23. The zero-order chi connectivity index (χ0) is 11.3. The largest absolute Gasteiger partial charge is 0.478 e. The van der Waals surface area contributed by atoms with Gasteiger partial charge in [0.2, 0.25) is 11.8 Å². The number of amides is 1. The maximum atomic E-state index is 10.9. The van der Waals surface area contributed by atoms with Crippen LogP contribution in [0.25, 0.3) is 0 Å². The number of nitrogens with zero attached hydrogens (tertiary/aromatic N) is 1. The summed E-state index contributed by atoms with van der Waals surface area (Å²) >= 11 is 1.47. The molecule has 0 aliphatic rings. The molecule has 0 saturated carbocycles. The van der Waals surface area contributed by atoms with Crippen LogP contribution in [-0.2, 0) is 4.79 Å². The van der Waals surface area contributed by atoms with Crippen molar-refractivity contribution in [3.63, 3.8) is 0 Å². The molecule has 1 heterocycles. The van der Waals surface area contributed by atoms with E-state index >= 15 is 0 Å². The molecule has 1 rings (SSSR count). The molecule has 0 fully saturated rings. The van der Waals surface area contributed by atoms with Crippen LogP contribution >= 0.6 is 11.8 Å². The van der Waals surface area contributed by atoms with E-state index in [4.69, 9.17) is 4.74 Å². The van der Waals surface area contributed by atoms with Crippen LogP contribution in [-0.4, -0.2) is 23.8 Å². The zero-order valence-corrected chi connectivity index (χ0v) is 9.85. The predicted molar refractivity (Wildman–Crippen MR) is 61.5 cm³/mol. The Labute approximate surface area is 93.4 Å². The highest BCUT2D eigenvalue weighted by atomic mass is 32.2. The van der Waals surface area contributed by atoms with Crippen LogP contribution in [0.1, 0.15) is 13.8 Å². The quantitative estimate of drug-likeness (QED) is 0.799. The summed E-state index contributed by atoms with van der Waals surface area (Å²) in [7, 11) is 0. The lowest BCUT2D eigenvalue weighted by atomic mass is 10.4. The Morgan fingerprint density at radius 2 is 2.33 bits per heavy atom. The minimum Gasteiger partial charge on any atom is -0.478 e. The normalized spacial score (nSPS) is 9.80. The lowest BCUT2D eigenvalue weighted by Gasteiger charge is -2.09. The van der Waals surface area contributed by atoms with Crippen LogP contribution in [0.5, 0.6) is 5.88 Å². The van der Waals surface area contributed by atoms with Crippen molar-refractivity contribution < 1.29 is 9.53 Å². The molecule has 4 nitrogen and oxygen atoms in total. The molecule has 0 aromatic carbocycles. The highest BCUT2D eigenvalue weighted by Gasteiger charge is 2.06. The molecule has 0 saturated heterocycles. The van der Waals surface area contributed by atoms with E-state index in [0.717, 1.165) is 10.7 Å². The van der Waals surface area contributed by atoms with Crippen LogP contribution < -0.4 is 10.1 Å². The van der Waals surface area contributed by atoms with Crippen molar-refractivity contribution in [2.45, 2.75) is 18.9 Å². The number of nitrogens with one attached hydrogen (secondary N) is 1. The molecule has 0 radical (unpaired) electrons. The summed E-state index contributed by atoms with van der Waals surface area (Å²) in [6.07, 6.45) is 1.91. The molecule has 82 valence electrons. The monoisotopic (exact) mass is 226 g/mol. The molecular weight excluding hydrogens is 212 g/mol. The van der Waals surface area contributed by atoms with Gasteiger partial charge >= 0.3 is 0 Å². The maximum absolute atomic E-state index is 10.9. The van der Waals surface area contributed by atoms with Gasteiger partial charge in [0.15, 0.2) is 0 Å². The molecule has 0 bridgehead atoms. The third-order valence-electron chi connectivity index (χ3n) is 1.63. The number of carbonyl (C=O) groups excluding carboxylic acids is 1. The third-order valence-corrected chi connectivity index (χ3v) is 2.33. The number of ether oxygens (including phenoxy) is 1. The lowest BCUT2D eigenvalue weighted by Crippen LogP contribution is -2.07. The lowest BCUT2D eigenvalue weighted by molar-refractivity contribution is -0.114. The molecule has 15 heavy (non-hydrogen) atoms. The molecule has 0 spiro atoms. The number of carbonyl (C=O) groups is 1. The summed E-state index contributed by atoms with van der Waals surface area (Å²) in [5.41, 5.74) is 0.721. The fourth-order valence-corrected chi connectivity index (χ4v) is 1.61. The minimum atomic E-state index is -0.101. The van der Waals surface area contributed by atoms with Gasteiger partial charge in [-0.15, -0.1) is 11.8 Å². The maximum Gasteiger partial charge on any atom is 0.221 e. The number of hydrogen-bond acceptors (Lipinski definition) is 4. The molecular formula is C10H14N2O2S. The summed E-state index contributed by atoms with van der Waals surface area (Å²) in [6.45, 7) is 3.96. The summed E-state index contributed by atoms with van der Waals surface area (Å²) < 4.78 is 5.27. The fraction of sp³-hybridized carbons (Fsp3) is 0.400.